The number of aromatic nitrogens is 3. The normalized spacial score (nSPS) is 11.7. The first kappa shape index (κ1) is 26.4. The Morgan fingerprint density at radius 1 is 1.14 bits per heavy atom. The van der Waals surface area contributed by atoms with E-state index in [0.717, 1.165) is 5.56 Å². The Morgan fingerprint density at radius 2 is 1.86 bits per heavy atom. The molecular formula is C26H25FN4O4S2. The van der Waals surface area contributed by atoms with Crippen molar-refractivity contribution in [3.63, 3.8) is 0 Å². The molecule has 1 unspecified atom stereocenters. The van der Waals surface area contributed by atoms with E-state index in [1.165, 1.54) is 35.2 Å². The highest BCUT2D eigenvalue weighted by Crippen LogP contribution is 2.36. The van der Waals surface area contributed by atoms with Crippen LogP contribution in [0.2, 0.25) is 0 Å². The molecule has 0 aliphatic carbocycles. The third-order valence-electron chi connectivity index (χ3n) is 5.30. The van der Waals surface area contributed by atoms with Gasteiger partial charge in [0, 0.05) is 18.0 Å². The van der Waals surface area contributed by atoms with E-state index in [9.17, 15) is 14.0 Å². The molecule has 8 nitrogen and oxygen atoms in total. The smallest absolute Gasteiger partial charge is 0.341 e. The van der Waals surface area contributed by atoms with E-state index in [0.29, 0.717) is 32.9 Å². The predicted molar refractivity (Wildman–Crippen MR) is 142 cm³/mol. The number of halogens is 1. The van der Waals surface area contributed by atoms with E-state index in [-0.39, 0.29) is 24.1 Å². The molecule has 1 N–H and O–H groups in total. The lowest BCUT2D eigenvalue weighted by molar-refractivity contribution is -0.113. The summed E-state index contributed by atoms with van der Waals surface area (Å²) in [5, 5.41) is 14.0. The molecule has 2 aromatic carbocycles. The van der Waals surface area contributed by atoms with Gasteiger partial charge in [-0.1, -0.05) is 42.1 Å². The molecule has 0 saturated heterocycles. The molecule has 1 amide bonds. The minimum absolute atomic E-state index is 0.0556. The molecule has 192 valence electrons. The minimum Gasteiger partial charge on any atom is -0.483 e. The molecule has 0 fully saturated rings. The zero-order valence-corrected chi connectivity index (χ0v) is 22.1. The van der Waals surface area contributed by atoms with Crippen LogP contribution in [0.5, 0.6) is 5.75 Å². The molecule has 4 rings (SSSR count). The lowest BCUT2D eigenvalue weighted by Crippen LogP contribution is -2.17. The van der Waals surface area contributed by atoms with E-state index in [1.807, 2.05) is 42.6 Å². The van der Waals surface area contributed by atoms with E-state index >= 15 is 0 Å². The maximum atomic E-state index is 13.1. The number of thiophene rings is 1. The fraction of sp³-hybridized carbons (Fsp3) is 0.231. The van der Waals surface area contributed by atoms with Gasteiger partial charge in [-0.3, -0.25) is 4.79 Å². The maximum Gasteiger partial charge on any atom is 0.341 e. The number of hydrogen-bond acceptors (Lipinski definition) is 8. The Bertz CT molecular complexity index is 1370. The number of rotatable bonds is 10. The maximum absolute atomic E-state index is 13.1. The third kappa shape index (κ3) is 6.36. The third-order valence-corrected chi connectivity index (χ3v) is 7.22. The van der Waals surface area contributed by atoms with Crippen LogP contribution in [-0.2, 0) is 16.6 Å². The van der Waals surface area contributed by atoms with Crippen LogP contribution in [0.25, 0.3) is 11.1 Å². The van der Waals surface area contributed by atoms with Gasteiger partial charge in [0.1, 0.15) is 22.1 Å². The van der Waals surface area contributed by atoms with Crippen molar-refractivity contribution in [1.82, 2.24) is 14.8 Å². The molecule has 2 heterocycles. The monoisotopic (exact) mass is 540 g/mol. The lowest BCUT2D eigenvalue weighted by atomic mass is 10.0. The predicted octanol–water partition coefficient (Wildman–Crippen LogP) is 5.73. The molecule has 0 aliphatic rings. The molecule has 2 aromatic heterocycles. The van der Waals surface area contributed by atoms with Crippen LogP contribution in [0, 0.1) is 5.82 Å². The number of anilines is 1. The van der Waals surface area contributed by atoms with Crippen molar-refractivity contribution >= 4 is 40.0 Å². The highest BCUT2D eigenvalue weighted by molar-refractivity contribution is 7.99. The van der Waals surface area contributed by atoms with Gasteiger partial charge >= 0.3 is 5.97 Å². The summed E-state index contributed by atoms with van der Waals surface area (Å²) >= 11 is 2.48. The first-order valence-corrected chi connectivity index (χ1v) is 13.3. The van der Waals surface area contributed by atoms with E-state index in [2.05, 4.69) is 15.5 Å². The molecule has 0 spiro atoms. The van der Waals surface area contributed by atoms with Crippen molar-refractivity contribution in [2.45, 2.75) is 25.1 Å². The number of carbonyl (C=O) groups is 2. The number of carbonyl (C=O) groups excluding carboxylic acids is 2. The summed E-state index contributed by atoms with van der Waals surface area (Å²) < 4.78 is 26.0. The van der Waals surface area contributed by atoms with Crippen molar-refractivity contribution in [2.75, 3.05) is 17.7 Å². The second kappa shape index (κ2) is 12.0. The molecule has 0 bridgehead atoms. The van der Waals surface area contributed by atoms with Crippen molar-refractivity contribution in [3.8, 4) is 16.9 Å². The molecule has 4 aromatic rings. The van der Waals surface area contributed by atoms with Gasteiger partial charge in [-0.2, -0.15) is 0 Å². The largest absolute Gasteiger partial charge is 0.483 e. The average Bonchev–Trinajstić information content (AvgIpc) is 3.48. The molecule has 0 aliphatic heterocycles. The summed E-state index contributed by atoms with van der Waals surface area (Å²) in [5.74, 6) is -0.00375. The summed E-state index contributed by atoms with van der Waals surface area (Å²) in [4.78, 5) is 25.5. The second-order valence-electron chi connectivity index (χ2n) is 7.89. The van der Waals surface area contributed by atoms with Crippen LogP contribution in [0.3, 0.4) is 0 Å². The first-order chi connectivity index (χ1) is 17.9. The number of benzene rings is 2. The fourth-order valence-corrected chi connectivity index (χ4v) is 5.25. The average molecular weight is 541 g/mol. The Kier molecular flexibility index (Phi) is 8.57. The quantitative estimate of drug-likeness (QED) is 0.203. The molecule has 1 atom stereocenters. The van der Waals surface area contributed by atoms with Gasteiger partial charge in [0.05, 0.1) is 12.4 Å². The van der Waals surface area contributed by atoms with Gasteiger partial charge in [-0.05, 0) is 43.7 Å². The molecule has 0 radical (unpaired) electrons. The Hall–Kier alpha value is -3.70. The summed E-state index contributed by atoms with van der Waals surface area (Å²) in [6.07, 6.45) is -0.444. The summed E-state index contributed by atoms with van der Waals surface area (Å²) in [6.45, 7) is 3.78. The van der Waals surface area contributed by atoms with Gasteiger partial charge in [0.15, 0.2) is 17.1 Å². The topological polar surface area (TPSA) is 95.3 Å². The van der Waals surface area contributed by atoms with Gasteiger partial charge in [-0.25, -0.2) is 9.18 Å². The fourth-order valence-electron chi connectivity index (χ4n) is 3.55. The Morgan fingerprint density at radius 3 is 2.57 bits per heavy atom. The number of ether oxygens (including phenoxy) is 2. The standard InChI is InChI=1S/C26H25FN4O4S2/c1-4-34-25(33)22-20(17-8-6-5-7-9-17)14-36-24(22)28-21(32)15-37-26-30-29-23(31(26)3)16(2)35-19-12-10-18(27)11-13-19/h5-14,16H,4,15H2,1-3H3,(H,28,32). The van der Waals surface area contributed by atoms with Crippen molar-refractivity contribution < 1.29 is 23.5 Å². The molecule has 0 saturated carbocycles. The van der Waals surface area contributed by atoms with Crippen molar-refractivity contribution in [3.05, 3.63) is 77.2 Å². The lowest BCUT2D eigenvalue weighted by Gasteiger charge is -2.14. The van der Waals surface area contributed by atoms with Crippen LogP contribution >= 0.6 is 23.1 Å². The van der Waals surface area contributed by atoms with Crippen LogP contribution < -0.4 is 10.1 Å². The molecular weight excluding hydrogens is 515 g/mol. The highest BCUT2D eigenvalue weighted by Gasteiger charge is 2.23. The van der Waals surface area contributed by atoms with Gasteiger partial charge in [0.25, 0.3) is 0 Å². The zero-order chi connectivity index (χ0) is 26.4. The van der Waals surface area contributed by atoms with E-state index in [4.69, 9.17) is 9.47 Å². The highest BCUT2D eigenvalue weighted by atomic mass is 32.2. The number of esters is 1. The zero-order valence-electron chi connectivity index (χ0n) is 20.4. The number of amides is 1. The number of nitrogens with one attached hydrogen (secondary N) is 1. The summed E-state index contributed by atoms with van der Waals surface area (Å²) in [6, 6.07) is 15.2. The second-order valence-corrected chi connectivity index (χ2v) is 9.71. The van der Waals surface area contributed by atoms with Crippen LogP contribution in [0.15, 0.2) is 65.1 Å². The minimum atomic E-state index is -0.487. The van der Waals surface area contributed by atoms with Gasteiger partial charge < -0.3 is 19.4 Å². The van der Waals surface area contributed by atoms with Crippen LogP contribution in [-0.4, -0.2) is 39.0 Å². The van der Waals surface area contributed by atoms with Gasteiger partial charge in [0.2, 0.25) is 5.91 Å². The van der Waals surface area contributed by atoms with Crippen molar-refractivity contribution in [2.24, 2.45) is 7.05 Å². The van der Waals surface area contributed by atoms with Crippen LogP contribution in [0.1, 0.15) is 36.1 Å². The number of thioether (sulfide) groups is 1. The van der Waals surface area contributed by atoms with Crippen molar-refractivity contribution in [1.29, 1.82) is 0 Å². The number of hydrogen-bond donors (Lipinski definition) is 1. The summed E-state index contributed by atoms with van der Waals surface area (Å²) in [5.41, 5.74) is 1.91. The first-order valence-electron chi connectivity index (χ1n) is 11.5. The number of nitrogens with zero attached hydrogens (tertiary/aromatic N) is 3. The van der Waals surface area contributed by atoms with Gasteiger partial charge in [-0.15, -0.1) is 21.5 Å². The molecule has 37 heavy (non-hydrogen) atoms. The Labute approximate surface area is 221 Å². The summed E-state index contributed by atoms with van der Waals surface area (Å²) in [7, 11) is 1.78. The Balaban J connectivity index is 1.42. The van der Waals surface area contributed by atoms with Crippen LogP contribution in [0.4, 0.5) is 9.39 Å². The van der Waals surface area contributed by atoms with E-state index in [1.54, 1.807) is 30.7 Å². The SMILES string of the molecule is CCOC(=O)c1c(-c2ccccc2)csc1NC(=O)CSc1nnc(C(C)Oc2ccc(F)cc2)n1C. The van der Waals surface area contributed by atoms with E-state index < -0.39 is 12.1 Å². The molecule has 11 heteroatoms.